The number of rotatable bonds is 4. The number of amides is 1. The summed E-state index contributed by atoms with van der Waals surface area (Å²) >= 11 is 0. The average Bonchev–Trinajstić information content (AvgIpc) is 3.24. The first-order chi connectivity index (χ1) is 12.8. The number of hydrogen-bond acceptors (Lipinski definition) is 5. The first-order valence-electron chi connectivity index (χ1n) is 8.82. The second-order valence-electron chi connectivity index (χ2n) is 6.43. The molecule has 1 aliphatic heterocycles. The molecule has 7 nitrogen and oxygen atoms in total. The van der Waals surface area contributed by atoms with Crippen molar-refractivity contribution in [3.63, 3.8) is 0 Å². The Bertz CT molecular complexity index is 837. The van der Waals surface area contributed by atoms with Crippen molar-refractivity contribution in [1.82, 2.24) is 30.1 Å². The maximum absolute atomic E-state index is 13.6. The molecule has 1 amide bonds. The van der Waals surface area contributed by atoms with Gasteiger partial charge in [-0.1, -0.05) is 36.4 Å². The van der Waals surface area contributed by atoms with E-state index in [-0.39, 0.29) is 11.9 Å². The molecule has 26 heavy (non-hydrogen) atoms. The van der Waals surface area contributed by atoms with Gasteiger partial charge in [0.2, 0.25) is 0 Å². The van der Waals surface area contributed by atoms with Gasteiger partial charge in [0, 0.05) is 18.9 Å². The number of carbonyl (C=O) groups is 1. The van der Waals surface area contributed by atoms with Crippen LogP contribution < -0.4 is 0 Å². The van der Waals surface area contributed by atoms with Gasteiger partial charge in [0.1, 0.15) is 6.33 Å². The van der Waals surface area contributed by atoms with Crippen molar-refractivity contribution in [2.24, 2.45) is 0 Å². The van der Waals surface area contributed by atoms with Crippen LogP contribution in [0.15, 0.2) is 61.2 Å². The molecule has 0 N–H and O–H groups in total. The summed E-state index contributed by atoms with van der Waals surface area (Å²) in [5.41, 5.74) is 1.95. The molecule has 4 rings (SSSR count). The number of benzene rings is 1. The van der Waals surface area contributed by atoms with Crippen molar-refractivity contribution < 1.29 is 4.79 Å². The van der Waals surface area contributed by atoms with E-state index >= 15 is 0 Å². The van der Waals surface area contributed by atoms with Crippen LogP contribution in [0.1, 0.15) is 42.5 Å². The highest BCUT2D eigenvalue weighted by atomic mass is 16.2. The van der Waals surface area contributed by atoms with Gasteiger partial charge in [0.05, 0.1) is 6.04 Å². The maximum atomic E-state index is 13.6. The lowest BCUT2D eigenvalue weighted by Gasteiger charge is -2.38. The van der Waals surface area contributed by atoms with Crippen molar-refractivity contribution in [1.29, 1.82) is 0 Å². The molecule has 0 aliphatic carbocycles. The lowest BCUT2D eigenvalue weighted by molar-refractivity contribution is -0.137. The summed E-state index contributed by atoms with van der Waals surface area (Å²) in [4.78, 5) is 19.8. The van der Waals surface area contributed by atoms with E-state index in [1.165, 1.54) is 11.0 Å². The van der Waals surface area contributed by atoms with Gasteiger partial charge in [-0.05, 0) is 46.9 Å². The number of piperidine rings is 1. The van der Waals surface area contributed by atoms with Gasteiger partial charge in [-0.25, -0.2) is 4.68 Å². The van der Waals surface area contributed by atoms with E-state index in [1.54, 1.807) is 6.20 Å². The van der Waals surface area contributed by atoms with Gasteiger partial charge in [-0.2, -0.15) is 0 Å². The Labute approximate surface area is 151 Å². The van der Waals surface area contributed by atoms with E-state index in [0.29, 0.717) is 0 Å². The lowest BCUT2D eigenvalue weighted by atomic mass is 9.94. The number of aromatic nitrogens is 5. The number of hydrogen-bond donors (Lipinski definition) is 0. The summed E-state index contributed by atoms with van der Waals surface area (Å²) in [6.07, 6.45) is 8.15. The summed E-state index contributed by atoms with van der Waals surface area (Å²) < 4.78 is 1.53. The zero-order valence-corrected chi connectivity index (χ0v) is 14.3. The normalized spacial score (nSPS) is 18.5. The van der Waals surface area contributed by atoms with Crippen molar-refractivity contribution in [3.8, 4) is 0 Å². The van der Waals surface area contributed by atoms with Crippen molar-refractivity contribution in [2.75, 3.05) is 6.54 Å². The quantitative estimate of drug-likeness (QED) is 0.724. The standard InChI is InChI=1S/C19H20N6O/c26-19(18(25-14-21-22-23-25)15-7-2-1-3-8-15)24-12-5-4-10-17(24)16-9-6-11-20-13-16/h1-3,6-9,11,13-14,17-18H,4-5,10,12H2. The monoisotopic (exact) mass is 348 g/mol. The maximum Gasteiger partial charge on any atom is 0.252 e. The van der Waals surface area contributed by atoms with E-state index in [0.717, 1.165) is 36.9 Å². The smallest absolute Gasteiger partial charge is 0.252 e. The Hall–Kier alpha value is -3.09. The van der Waals surface area contributed by atoms with Crippen LogP contribution in [0, 0.1) is 0 Å². The highest BCUT2D eigenvalue weighted by molar-refractivity contribution is 5.84. The van der Waals surface area contributed by atoms with Gasteiger partial charge in [-0.3, -0.25) is 9.78 Å². The molecule has 1 saturated heterocycles. The molecule has 0 radical (unpaired) electrons. The summed E-state index contributed by atoms with van der Waals surface area (Å²) in [6, 6.07) is 13.1. The second kappa shape index (κ2) is 7.43. The Balaban J connectivity index is 1.70. The van der Waals surface area contributed by atoms with E-state index in [9.17, 15) is 4.79 Å². The predicted molar refractivity (Wildman–Crippen MR) is 94.9 cm³/mol. The minimum absolute atomic E-state index is 0.0112. The Morgan fingerprint density at radius 1 is 1.12 bits per heavy atom. The van der Waals surface area contributed by atoms with Crippen LogP contribution in [-0.2, 0) is 4.79 Å². The molecule has 7 heteroatoms. The van der Waals surface area contributed by atoms with Gasteiger partial charge < -0.3 is 4.90 Å². The van der Waals surface area contributed by atoms with Crippen LogP contribution in [0.2, 0.25) is 0 Å². The van der Waals surface area contributed by atoms with Gasteiger partial charge in [-0.15, -0.1) is 5.10 Å². The summed E-state index contributed by atoms with van der Waals surface area (Å²) in [7, 11) is 0. The van der Waals surface area contributed by atoms with Crippen LogP contribution in [0.25, 0.3) is 0 Å². The third kappa shape index (κ3) is 3.20. The molecule has 1 fully saturated rings. The SMILES string of the molecule is O=C(C(c1ccccc1)n1cnnn1)N1CCCCC1c1cccnc1. The zero-order chi connectivity index (χ0) is 17.8. The number of tetrazole rings is 1. The highest BCUT2D eigenvalue weighted by Gasteiger charge is 2.34. The summed E-state index contributed by atoms with van der Waals surface area (Å²) in [5, 5.41) is 11.5. The largest absolute Gasteiger partial charge is 0.333 e. The van der Waals surface area contributed by atoms with Crippen LogP contribution in [0.4, 0.5) is 0 Å². The minimum Gasteiger partial charge on any atom is -0.333 e. The fourth-order valence-corrected chi connectivity index (χ4v) is 3.60. The molecule has 3 heterocycles. The third-order valence-electron chi connectivity index (χ3n) is 4.83. The summed E-state index contributed by atoms with van der Waals surface area (Å²) in [5.74, 6) is 0.0112. The molecule has 0 spiro atoms. The molecule has 2 unspecified atom stereocenters. The molecule has 1 aliphatic rings. The zero-order valence-electron chi connectivity index (χ0n) is 14.3. The van der Waals surface area contributed by atoms with Gasteiger partial charge >= 0.3 is 0 Å². The molecular weight excluding hydrogens is 328 g/mol. The number of pyridine rings is 1. The molecule has 0 saturated carbocycles. The highest BCUT2D eigenvalue weighted by Crippen LogP contribution is 2.33. The Morgan fingerprint density at radius 2 is 2.00 bits per heavy atom. The molecule has 0 bridgehead atoms. The van der Waals surface area contributed by atoms with Crippen molar-refractivity contribution in [2.45, 2.75) is 31.3 Å². The summed E-state index contributed by atoms with van der Waals surface area (Å²) in [6.45, 7) is 0.726. The third-order valence-corrected chi connectivity index (χ3v) is 4.83. The van der Waals surface area contributed by atoms with Crippen molar-refractivity contribution in [3.05, 3.63) is 72.3 Å². The molecule has 2 atom stereocenters. The fraction of sp³-hybridized carbons (Fsp3) is 0.316. The first-order valence-corrected chi connectivity index (χ1v) is 8.82. The topological polar surface area (TPSA) is 76.8 Å². The fourth-order valence-electron chi connectivity index (χ4n) is 3.60. The van der Waals surface area contributed by atoms with E-state index in [4.69, 9.17) is 0 Å². The molecule has 132 valence electrons. The molecule has 3 aromatic rings. The molecule has 2 aromatic heterocycles. The second-order valence-corrected chi connectivity index (χ2v) is 6.43. The van der Waals surface area contributed by atoms with Gasteiger partial charge in [0.15, 0.2) is 6.04 Å². The Kier molecular flexibility index (Phi) is 4.68. The van der Waals surface area contributed by atoms with Crippen molar-refractivity contribution >= 4 is 5.91 Å². The van der Waals surface area contributed by atoms with E-state index in [2.05, 4.69) is 20.5 Å². The predicted octanol–water partition coefficient (Wildman–Crippen LogP) is 2.41. The van der Waals surface area contributed by atoms with Gasteiger partial charge in [0.25, 0.3) is 5.91 Å². The number of carbonyl (C=O) groups excluding carboxylic acids is 1. The van der Waals surface area contributed by atoms with Crippen LogP contribution in [0.5, 0.6) is 0 Å². The van der Waals surface area contributed by atoms with Crippen LogP contribution in [-0.4, -0.2) is 42.5 Å². The molecule has 1 aromatic carbocycles. The number of nitrogens with zero attached hydrogens (tertiary/aromatic N) is 6. The van der Waals surface area contributed by atoms with Crippen LogP contribution in [0.3, 0.4) is 0 Å². The number of likely N-dealkylation sites (tertiary alicyclic amines) is 1. The average molecular weight is 348 g/mol. The lowest BCUT2D eigenvalue weighted by Crippen LogP contribution is -2.43. The first kappa shape index (κ1) is 16.4. The minimum atomic E-state index is -0.566. The Morgan fingerprint density at radius 3 is 2.73 bits per heavy atom. The van der Waals surface area contributed by atoms with Crippen LogP contribution >= 0.6 is 0 Å². The van der Waals surface area contributed by atoms with E-state index in [1.807, 2.05) is 53.6 Å². The molecular formula is C19H20N6O. The van der Waals surface area contributed by atoms with E-state index < -0.39 is 6.04 Å².